The molecule has 1 aliphatic rings. The summed E-state index contributed by atoms with van der Waals surface area (Å²) < 4.78 is 39.9. The zero-order valence-corrected chi connectivity index (χ0v) is 17.1. The summed E-state index contributed by atoms with van der Waals surface area (Å²) in [5.74, 6) is -1.57. The molecule has 0 spiro atoms. The number of nitrogens with zero attached hydrogens (tertiary/aromatic N) is 2. The van der Waals surface area contributed by atoms with E-state index in [9.17, 15) is 22.4 Å². The average Bonchev–Trinajstić information content (AvgIpc) is 2.75. The molecule has 30 heavy (non-hydrogen) atoms. The van der Waals surface area contributed by atoms with Gasteiger partial charge in [-0.1, -0.05) is 0 Å². The lowest BCUT2D eigenvalue weighted by molar-refractivity contribution is -0.126. The number of rotatable bonds is 7. The summed E-state index contributed by atoms with van der Waals surface area (Å²) in [6, 6.07) is 8.04. The predicted molar refractivity (Wildman–Crippen MR) is 108 cm³/mol. The minimum Gasteiger partial charge on any atom is -0.355 e. The molecule has 1 saturated heterocycles. The van der Waals surface area contributed by atoms with E-state index >= 15 is 0 Å². The number of pyridine rings is 1. The van der Waals surface area contributed by atoms with Gasteiger partial charge < -0.3 is 10.6 Å². The van der Waals surface area contributed by atoms with Gasteiger partial charge in [-0.2, -0.15) is 4.31 Å². The molecule has 160 valence electrons. The predicted octanol–water partition coefficient (Wildman–Crippen LogP) is 1.77. The molecule has 2 N–H and O–H groups in total. The second kappa shape index (κ2) is 9.77. The van der Waals surface area contributed by atoms with E-state index in [1.807, 2.05) is 0 Å². The largest absolute Gasteiger partial charge is 0.355 e. The van der Waals surface area contributed by atoms with Gasteiger partial charge in [-0.3, -0.25) is 14.6 Å². The monoisotopic (exact) mass is 434 g/mol. The Morgan fingerprint density at radius 3 is 2.67 bits per heavy atom. The van der Waals surface area contributed by atoms with Gasteiger partial charge in [0.25, 0.3) is 0 Å². The fourth-order valence-electron chi connectivity index (χ4n) is 3.23. The second-order valence-electron chi connectivity index (χ2n) is 6.99. The van der Waals surface area contributed by atoms with Crippen molar-refractivity contribution >= 4 is 27.5 Å². The summed E-state index contributed by atoms with van der Waals surface area (Å²) >= 11 is 0. The van der Waals surface area contributed by atoms with Crippen LogP contribution in [0.1, 0.15) is 19.3 Å². The van der Waals surface area contributed by atoms with Crippen LogP contribution in [0.3, 0.4) is 0 Å². The van der Waals surface area contributed by atoms with Crippen molar-refractivity contribution in [3.63, 3.8) is 0 Å². The maximum absolute atomic E-state index is 13.1. The summed E-state index contributed by atoms with van der Waals surface area (Å²) in [4.78, 5) is 28.3. The van der Waals surface area contributed by atoms with Crippen molar-refractivity contribution in [2.75, 3.05) is 25.0 Å². The third-order valence-corrected chi connectivity index (χ3v) is 6.68. The first-order valence-electron chi connectivity index (χ1n) is 9.59. The molecule has 10 heteroatoms. The number of amides is 2. The molecule has 0 saturated carbocycles. The summed E-state index contributed by atoms with van der Waals surface area (Å²) in [6.45, 7) is 0.497. The van der Waals surface area contributed by atoms with Gasteiger partial charge in [-0.15, -0.1) is 0 Å². The van der Waals surface area contributed by atoms with Crippen molar-refractivity contribution in [3.05, 3.63) is 54.6 Å². The molecule has 2 heterocycles. The molecule has 1 aromatic heterocycles. The minimum absolute atomic E-state index is 0.00275. The number of benzene rings is 1. The zero-order valence-electron chi connectivity index (χ0n) is 16.3. The van der Waals surface area contributed by atoms with Crippen molar-refractivity contribution in [1.82, 2.24) is 14.6 Å². The van der Waals surface area contributed by atoms with E-state index in [0.717, 1.165) is 12.1 Å². The van der Waals surface area contributed by atoms with Crippen molar-refractivity contribution in [2.24, 2.45) is 5.92 Å². The average molecular weight is 434 g/mol. The van der Waals surface area contributed by atoms with E-state index in [4.69, 9.17) is 0 Å². The summed E-state index contributed by atoms with van der Waals surface area (Å²) in [5.41, 5.74) is 0.572. The molecule has 1 fully saturated rings. The van der Waals surface area contributed by atoms with Crippen molar-refractivity contribution in [3.8, 4) is 0 Å². The highest BCUT2D eigenvalue weighted by Crippen LogP contribution is 2.24. The van der Waals surface area contributed by atoms with E-state index in [0.29, 0.717) is 25.1 Å². The van der Waals surface area contributed by atoms with Crippen LogP contribution >= 0.6 is 0 Å². The number of carbonyl (C=O) groups excluding carboxylic acids is 2. The first-order valence-corrected chi connectivity index (χ1v) is 11.0. The molecule has 0 bridgehead atoms. The summed E-state index contributed by atoms with van der Waals surface area (Å²) in [5, 5.41) is 5.38. The molecule has 2 amide bonds. The fraction of sp³-hybridized carbons (Fsp3) is 0.350. The second-order valence-corrected chi connectivity index (χ2v) is 8.92. The number of hydrogen-bond donors (Lipinski definition) is 2. The molecule has 1 atom stereocenters. The standard InChI is InChI=1S/C20H23FN4O4S/c21-16-5-7-18(8-6-16)30(28,29)25-12-2-3-15(14-25)20(27)23-11-9-19(26)24-17-4-1-10-22-13-17/h1,4-8,10,13,15H,2-3,9,11-12,14H2,(H,23,27)(H,24,26)/t15-/m1/s1. The summed E-state index contributed by atoms with van der Waals surface area (Å²) in [7, 11) is -3.80. The molecule has 1 aromatic carbocycles. The Morgan fingerprint density at radius 2 is 1.97 bits per heavy atom. The highest BCUT2D eigenvalue weighted by molar-refractivity contribution is 7.89. The molecule has 0 unspecified atom stereocenters. The van der Waals surface area contributed by atoms with Gasteiger partial charge in [0.1, 0.15) is 5.82 Å². The SMILES string of the molecule is O=C(CCNC(=O)[C@@H]1CCCN(S(=O)(=O)c2ccc(F)cc2)C1)Nc1cccnc1. The number of carbonyl (C=O) groups is 2. The number of aromatic nitrogens is 1. The van der Waals surface area contributed by atoms with Crippen molar-refractivity contribution < 1.29 is 22.4 Å². The van der Waals surface area contributed by atoms with Crippen LogP contribution < -0.4 is 10.6 Å². The number of piperidine rings is 1. The van der Waals surface area contributed by atoms with Crippen molar-refractivity contribution in [2.45, 2.75) is 24.2 Å². The first-order chi connectivity index (χ1) is 14.4. The van der Waals surface area contributed by atoms with Crippen LogP contribution in [0.4, 0.5) is 10.1 Å². The Bertz CT molecular complexity index is 984. The van der Waals surface area contributed by atoms with Gasteiger partial charge in [0.05, 0.1) is 22.7 Å². The Balaban J connectivity index is 1.50. The Kier molecular flexibility index (Phi) is 7.11. The van der Waals surface area contributed by atoms with Crippen LogP contribution in [0.25, 0.3) is 0 Å². The number of sulfonamides is 1. The van der Waals surface area contributed by atoms with Gasteiger partial charge in [0.15, 0.2) is 0 Å². The van der Waals surface area contributed by atoms with Gasteiger partial charge in [-0.05, 0) is 49.2 Å². The maximum atomic E-state index is 13.1. The van der Waals surface area contributed by atoms with Gasteiger partial charge in [-0.25, -0.2) is 12.8 Å². The van der Waals surface area contributed by atoms with E-state index in [1.54, 1.807) is 18.3 Å². The molecular formula is C20H23FN4O4S. The topological polar surface area (TPSA) is 108 Å². The smallest absolute Gasteiger partial charge is 0.243 e. The summed E-state index contributed by atoms with van der Waals surface area (Å²) in [6.07, 6.45) is 4.31. The third-order valence-electron chi connectivity index (χ3n) is 4.80. The number of anilines is 1. The maximum Gasteiger partial charge on any atom is 0.243 e. The molecule has 2 aromatic rings. The minimum atomic E-state index is -3.80. The van der Waals surface area contributed by atoms with Crippen LogP contribution in [0.5, 0.6) is 0 Å². The van der Waals surface area contributed by atoms with Gasteiger partial charge in [0, 0.05) is 32.3 Å². The lowest BCUT2D eigenvalue weighted by atomic mass is 9.99. The molecule has 8 nitrogen and oxygen atoms in total. The van der Waals surface area contributed by atoms with Crippen LogP contribution in [-0.2, 0) is 19.6 Å². The fourth-order valence-corrected chi connectivity index (χ4v) is 4.76. The first kappa shape index (κ1) is 21.8. The number of hydrogen-bond acceptors (Lipinski definition) is 5. The molecular weight excluding hydrogens is 411 g/mol. The Labute approximate surface area is 174 Å². The number of halogens is 1. The van der Waals surface area contributed by atoms with E-state index in [1.165, 1.54) is 22.6 Å². The normalized spacial score (nSPS) is 17.3. The number of nitrogens with one attached hydrogen (secondary N) is 2. The van der Waals surface area contributed by atoms with Crippen LogP contribution in [0, 0.1) is 11.7 Å². The van der Waals surface area contributed by atoms with Crippen LogP contribution in [0.15, 0.2) is 53.7 Å². The lowest BCUT2D eigenvalue weighted by Gasteiger charge is -2.31. The lowest BCUT2D eigenvalue weighted by Crippen LogP contribution is -2.45. The highest BCUT2D eigenvalue weighted by atomic mass is 32.2. The molecule has 0 aliphatic carbocycles. The van der Waals surface area contributed by atoms with E-state index in [-0.39, 0.29) is 36.2 Å². The molecule has 3 rings (SSSR count). The molecule has 0 radical (unpaired) electrons. The Hall–Kier alpha value is -2.85. The van der Waals surface area contributed by atoms with Crippen LogP contribution in [-0.4, -0.2) is 49.2 Å². The van der Waals surface area contributed by atoms with Gasteiger partial charge >= 0.3 is 0 Å². The van der Waals surface area contributed by atoms with Gasteiger partial charge in [0.2, 0.25) is 21.8 Å². The quantitative estimate of drug-likeness (QED) is 0.690. The third kappa shape index (κ3) is 5.61. The van der Waals surface area contributed by atoms with E-state index < -0.39 is 21.8 Å². The molecule has 1 aliphatic heterocycles. The Morgan fingerprint density at radius 1 is 1.20 bits per heavy atom. The highest BCUT2D eigenvalue weighted by Gasteiger charge is 2.33. The van der Waals surface area contributed by atoms with Crippen LogP contribution in [0.2, 0.25) is 0 Å². The zero-order chi connectivity index (χ0) is 21.6. The van der Waals surface area contributed by atoms with E-state index in [2.05, 4.69) is 15.6 Å². The van der Waals surface area contributed by atoms with Crippen molar-refractivity contribution in [1.29, 1.82) is 0 Å².